The summed E-state index contributed by atoms with van der Waals surface area (Å²) in [5.74, 6) is -5.90. The molecule has 8 heteroatoms. The minimum absolute atomic E-state index is 0.000926. The zero-order chi connectivity index (χ0) is 14.0. The highest BCUT2D eigenvalue weighted by Gasteiger charge is 2.60. The van der Waals surface area contributed by atoms with Crippen molar-refractivity contribution in [3.63, 3.8) is 0 Å². The lowest BCUT2D eigenvalue weighted by Gasteiger charge is -2.21. The summed E-state index contributed by atoms with van der Waals surface area (Å²) in [5.41, 5.74) is 0.000926. The van der Waals surface area contributed by atoms with Crippen LogP contribution < -0.4 is 0 Å². The number of hydrogen-bond acceptors (Lipinski definition) is 2. The van der Waals surface area contributed by atoms with Gasteiger partial charge in [-0.05, 0) is 11.6 Å². The number of nitrogens with zero attached hydrogens (tertiary/aromatic N) is 1. The topological polar surface area (TPSA) is 30.0 Å². The number of aromatic nitrogens is 1. The summed E-state index contributed by atoms with van der Waals surface area (Å²) in [4.78, 5) is 14.6. The molecule has 1 heterocycles. The SMILES string of the molecule is O=C(Cc1cccnc1)C(C(F)(F)F)C(F)(F)F. The van der Waals surface area contributed by atoms with E-state index < -0.39 is 30.5 Å². The lowest BCUT2D eigenvalue weighted by Crippen LogP contribution is -2.43. The molecule has 0 radical (unpaired) electrons. The predicted molar refractivity (Wildman–Crippen MR) is 48.5 cm³/mol. The Morgan fingerprint density at radius 3 is 2.11 bits per heavy atom. The van der Waals surface area contributed by atoms with Gasteiger partial charge in [0.25, 0.3) is 0 Å². The van der Waals surface area contributed by atoms with Crippen LogP contribution >= 0.6 is 0 Å². The Balaban J connectivity index is 2.92. The largest absolute Gasteiger partial charge is 0.407 e. The number of pyridine rings is 1. The van der Waals surface area contributed by atoms with E-state index in [4.69, 9.17) is 0 Å². The average molecular weight is 271 g/mol. The van der Waals surface area contributed by atoms with Crippen LogP contribution in [0.3, 0.4) is 0 Å². The van der Waals surface area contributed by atoms with Gasteiger partial charge in [0.05, 0.1) is 0 Å². The maximum atomic E-state index is 12.2. The number of carbonyl (C=O) groups is 1. The van der Waals surface area contributed by atoms with Gasteiger partial charge in [-0.25, -0.2) is 0 Å². The second-order valence-electron chi connectivity index (χ2n) is 3.52. The quantitative estimate of drug-likeness (QED) is 0.791. The van der Waals surface area contributed by atoms with E-state index >= 15 is 0 Å². The fraction of sp³-hybridized carbons (Fsp3) is 0.400. The van der Waals surface area contributed by atoms with Gasteiger partial charge in [0, 0.05) is 18.8 Å². The van der Waals surface area contributed by atoms with Crippen LogP contribution in [0.1, 0.15) is 5.56 Å². The zero-order valence-electron chi connectivity index (χ0n) is 8.72. The number of halogens is 6. The number of Topliss-reactive ketones (excluding diaryl/α,β-unsaturated/α-hetero) is 1. The van der Waals surface area contributed by atoms with E-state index in [0.717, 1.165) is 6.20 Å². The standard InChI is InChI=1S/C10H7F6NO/c11-9(12,13)8(10(14,15)16)7(18)4-6-2-1-3-17-5-6/h1-3,5,8H,4H2. The second kappa shape index (κ2) is 4.95. The molecular weight excluding hydrogens is 264 g/mol. The third-order valence-corrected chi connectivity index (χ3v) is 2.08. The molecule has 0 saturated heterocycles. The highest BCUT2D eigenvalue weighted by atomic mass is 19.4. The van der Waals surface area contributed by atoms with Crippen molar-refractivity contribution in [2.24, 2.45) is 5.92 Å². The summed E-state index contributed by atoms with van der Waals surface area (Å²) >= 11 is 0. The average Bonchev–Trinajstić information content (AvgIpc) is 2.13. The predicted octanol–water partition coefficient (Wildman–Crippen LogP) is 2.93. The molecule has 2 nitrogen and oxygen atoms in total. The third-order valence-electron chi connectivity index (χ3n) is 2.08. The van der Waals surface area contributed by atoms with Crippen molar-refractivity contribution < 1.29 is 31.1 Å². The Labute approximate surface area is 97.6 Å². The van der Waals surface area contributed by atoms with E-state index in [0.29, 0.717) is 0 Å². The van der Waals surface area contributed by atoms with Crippen molar-refractivity contribution in [3.8, 4) is 0 Å². The molecule has 0 amide bonds. The number of alkyl halides is 6. The zero-order valence-corrected chi connectivity index (χ0v) is 8.72. The first-order valence-corrected chi connectivity index (χ1v) is 4.67. The molecule has 1 rings (SSSR count). The molecule has 0 saturated carbocycles. The lowest BCUT2D eigenvalue weighted by atomic mass is 9.97. The minimum Gasteiger partial charge on any atom is -0.298 e. The smallest absolute Gasteiger partial charge is 0.298 e. The van der Waals surface area contributed by atoms with Crippen molar-refractivity contribution in [1.82, 2.24) is 4.98 Å². The molecule has 0 aromatic carbocycles. The van der Waals surface area contributed by atoms with Gasteiger partial charge in [0.2, 0.25) is 5.92 Å². The summed E-state index contributed by atoms with van der Waals surface area (Å²) in [7, 11) is 0. The molecule has 0 bridgehead atoms. The Kier molecular flexibility index (Phi) is 3.98. The highest BCUT2D eigenvalue weighted by molar-refractivity contribution is 5.84. The molecule has 1 aromatic heterocycles. The van der Waals surface area contributed by atoms with E-state index in [1.165, 1.54) is 18.3 Å². The van der Waals surface area contributed by atoms with E-state index in [-0.39, 0.29) is 5.56 Å². The summed E-state index contributed by atoms with van der Waals surface area (Å²) in [5, 5.41) is 0. The van der Waals surface area contributed by atoms with Crippen molar-refractivity contribution in [2.75, 3.05) is 0 Å². The van der Waals surface area contributed by atoms with Crippen molar-refractivity contribution in [1.29, 1.82) is 0 Å². The number of hydrogen-bond donors (Lipinski definition) is 0. The number of ketones is 1. The van der Waals surface area contributed by atoms with E-state index in [9.17, 15) is 31.1 Å². The van der Waals surface area contributed by atoms with Crippen LogP contribution in [0.25, 0.3) is 0 Å². The third kappa shape index (κ3) is 3.71. The Hall–Kier alpha value is -1.60. The van der Waals surface area contributed by atoms with Gasteiger partial charge in [-0.15, -0.1) is 0 Å². The Morgan fingerprint density at radius 2 is 1.72 bits per heavy atom. The molecule has 100 valence electrons. The van der Waals surface area contributed by atoms with Crippen LogP contribution in [0.2, 0.25) is 0 Å². The summed E-state index contributed by atoms with van der Waals surface area (Å²) in [6, 6.07) is 2.55. The Morgan fingerprint density at radius 1 is 1.17 bits per heavy atom. The minimum atomic E-state index is -5.64. The van der Waals surface area contributed by atoms with Gasteiger partial charge in [-0.3, -0.25) is 9.78 Å². The van der Waals surface area contributed by atoms with E-state index in [1.807, 2.05) is 0 Å². The summed E-state index contributed by atoms with van der Waals surface area (Å²) in [6.07, 6.45) is -9.91. The van der Waals surface area contributed by atoms with Crippen molar-refractivity contribution in [2.45, 2.75) is 18.8 Å². The Bertz CT molecular complexity index is 397. The van der Waals surface area contributed by atoms with Crippen LogP contribution in [0.15, 0.2) is 24.5 Å². The molecule has 0 aliphatic rings. The van der Waals surface area contributed by atoms with Crippen LogP contribution in [-0.2, 0) is 11.2 Å². The molecular formula is C10H7F6NO. The van der Waals surface area contributed by atoms with Crippen LogP contribution in [0.5, 0.6) is 0 Å². The monoisotopic (exact) mass is 271 g/mol. The molecule has 18 heavy (non-hydrogen) atoms. The van der Waals surface area contributed by atoms with Gasteiger partial charge in [0.15, 0.2) is 5.78 Å². The molecule has 0 fully saturated rings. The van der Waals surface area contributed by atoms with Crippen molar-refractivity contribution in [3.05, 3.63) is 30.1 Å². The first-order chi connectivity index (χ1) is 8.12. The van der Waals surface area contributed by atoms with Crippen LogP contribution in [0.4, 0.5) is 26.3 Å². The summed E-state index contributed by atoms with van der Waals surface area (Å²) in [6.45, 7) is 0. The molecule has 0 spiro atoms. The normalized spacial score (nSPS) is 12.8. The second-order valence-corrected chi connectivity index (χ2v) is 3.52. The van der Waals surface area contributed by atoms with Gasteiger partial charge < -0.3 is 0 Å². The first-order valence-electron chi connectivity index (χ1n) is 4.67. The molecule has 0 unspecified atom stereocenters. The molecule has 0 N–H and O–H groups in total. The maximum absolute atomic E-state index is 12.2. The van der Waals surface area contributed by atoms with Crippen LogP contribution in [0, 0.1) is 5.92 Å². The molecule has 1 aromatic rings. The summed E-state index contributed by atoms with van der Waals surface area (Å²) < 4.78 is 73.3. The fourth-order valence-corrected chi connectivity index (χ4v) is 1.36. The van der Waals surface area contributed by atoms with Gasteiger partial charge in [-0.1, -0.05) is 6.07 Å². The number of carbonyl (C=O) groups excluding carboxylic acids is 1. The maximum Gasteiger partial charge on any atom is 0.407 e. The van der Waals surface area contributed by atoms with Gasteiger partial charge >= 0.3 is 12.4 Å². The molecule has 0 aliphatic carbocycles. The number of rotatable bonds is 3. The van der Waals surface area contributed by atoms with E-state index in [2.05, 4.69) is 4.98 Å². The van der Waals surface area contributed by atoms with Gasteiger partial charge in [-0.2, -0.15) is 26.3 Å². The molecule has 0 aliphatic heterocycles. The lowest BCUT2D eigenvalue weighted by molar-refractivity contribution is -0.273. The fourth-order valence-electron chi connectivity index (χ4n) is 1.36. The first kappa shape index (κ1) is 14.5. The van der Waals surface area contributed by atoms with Gasteiger partial charge in [0.1, 0.15) is 0 Å². The highest BCUT2D eigenvalue weighted by Crippen LogP contribution is 2.40. The van der Waals surface area contributed by atoms with Crippen LogP contribution in [-0.4, -0.2) is 23.1 Å². The van der Waals surface area contributed by atoms with E-state index in [1.54, 1.807) is 0 Å². The molecule has 0 atom stereocenters. The van der Waals surface area contributed by atoms with Crippen molar-refractivity contribution >= 4 is 5.78 Å².